The Morgan fingerprint density at radius 2 is 2.04 bits per heavy atom. The molecule has 2 heterocycles. The van der Waals surface area contributed by atoms with Gasteiger partial charge in [0.2, 0.25) is 10.0 Å². The Bertz CT molecular complexity index is 652. The molecule has 0 bridgehead atoms. The van der Waals surface area contributed by atoms with Gasteiger partial charge < -0.3 is 10.1 Å². The second-order valence-corrected chi connectivity index (χ2v) is 8.66. The van der Waals surface area contributed by atoms with E-state index in [0.717, 1.165) is 43.7 Å². The van der Waals surface area contributed by atoms with Crippen LogP contribution in [0.1, 0.15) is 31.7 Å². The zero-order valence-corrected chi connectivity index (χ0v) is 14.7. The first-order valence-electron chi connectivity index (χ1n) is 8.41. The Balaban J connectivity index is 1.63. The summed E-state index contributed by atoms with van der Waals surface area (Å²) in [5.74, 6) is 1.48. The van der Waals surface area contributed by atoms with Gasteiger partial charge in [-0.2, -0.15) is 0 Å². The molecule has 2 aliphatic rings. The van der Waals surface area contributed by atoms with Crippen molar-refractivity contribution in [2.45, 2.75) is 38.6 Å². The van der Waals surface area contributed by atoms with Gasteiger partial charge in [-0.3, -0.25) is 0 Å². The molecule has 1 atom stereocenters. The minimum absolute atomic E-state index is 0.300. The van der Waals surface area contributed by atoms with Crippen molar-refractivity contribution in [1.29, 1.82) is 0 Å². The van der Waals surface area contributed by atoms with Gasteiger partial charge >= 0.3 is 0 Å². The second kappa shape index (κ2) is 6.69. The summed E-state index contributed by atoms with van der Waals surface area (Å²) in [4.78, 5) is 0. The van der Waals surface area contributed by atoms with Crippen LogP contribution in [-0.2, 0) is 16.4 Å². The van der Waals surface area contributed by atoms with E-state index in [1.807, 2.05) is 0 Å². The molecule has 1 fully saturated rings. The summed E-state index contributed by atoms with van der Waals surface area (Å²) >= 11 is 0. The average Bonchev–Trinajstić information content (AvgIpc) is 2.54. The third kappa shape index (κ3) is 3.80. The summed E-state index contributed by atoms with van der Waals surface area (Å²) in [5, 5.41) is 3.60. The molecule has 1 aromatic carbocycles. The first-order valence-corrected chi connectivity index (χ1v) is 10.3. The molecule has 5 nitrogen and oxygen atoms in total. The number of ether oxygens (including phenoxy) is 1. The topological polar surface area (TPSA) is 58.6 Å². The second-order valence-electron chi connectivity index (χ2n) is 6.68. The van der Waals surface area contributed by atoms with Crippen LogP contribution in [0.5, 0.6) is 5.75 Å². The van der Waals surface area contributed by atoms with Crippen LogP contribution < -0.4 is 10.1 Å². The lowest BCUT2D eigenvalue weighted by Crippen LogP contribution is -2.41. The predicted molar refractivity (Wildman–Crippen MR) is 92.5 cm³/mol. The van der Waals surface area contributed by atoms with Gasteiger partial charge in [0.1, 0.15) is 5.75 Å². The first-order chi connectivity index (χ1) is 10.9. The fourth-order valence-corrected chi connectivity index (χ4v) is 4.45. The lowest BCUT2D eigenvalue weighted by atomic mass is 9.91. The number of rotatable bonds is 4. The highest BCUT2D eigenvalue weighted by molar-refractivity contribution is 7.88. The maximum Gasteiger partial charge on any atom is 0.211 e. The summed E-state index contributed by atoms with van der Waals surface area (Å²) in [6.07, 6.45) is 5.25. The number of nitrogens with one attached hydrogen (secondary N) is 1. The Kier molecular flexibility index (Phi) is 4.82. The molecule has 0 radical (unpaired) electrons. The molecule has 2 aliphatic heterocycles. The van der Waals surface area contributed by atoms with Gasteiger partial charge in [0.05, 0.1) is 18.6 Å². The molecule has 1 saturated heterocycles. The van der Waals surface area contributed by atoms with Crippen molar-refractivity contribution in [3.05, 3.63) is 23.8 Å². The van der Waals surface area contributed by atoms with Crippen molar-refractivity contribution in [3.8, 4) is 5.75 Å². The van der Waals surface area contributed by atoms with Crippen LogP contribution in [0.4, 0.5) is 5.69 Å². The minimum atomic E-state index is -3.05. The molecule has 128 valence electrons. The van der Waals surface area contributed by atoms with Crippen molar-refractivity contribution >= 4 is 15.7 Å². The number of nitrogens with zero attached hydrogens (tertiary/aromatic N) is 1. The van der Waals surface area contributed by atoms with Gasteiger partial charge in [-0.25, -0.2) is 12.7 Å². The van der Waals surface area contributed by atoms with E-state index in [2.05, 4.69) is 30.4 Å². The van der Waals surface area contributed by atoms with E-state index < -0.39 is 10.0 Å². The van der Waals surface area contributed by atoms with Crippen molar-refractivity contribution in [3.63, 3.8) is 0 Å². The molecule has 1 N–H and O–H groups in total. The molecule has 0 spiro atoms. The van der Waals surface area contributed by atoms with Crippen LogP contribution in [0.15, 0.2) is 18.2 Å². The van der Waals surface area contributed by atoms with Gasteiger partial charge in [0.15, 0.2) is 0 Å². The minimum Gasteiger partial charge on any atom is -0.491 e. The predicted octanol–water partition coefficient (Wildman–Crippen LogP) is 2.48. The van der Waals surface area contributed by atoms with E-state index in [4.69, 9.17) is 4.74 Å². The normalized spacial score (nSPS) is 21.3. The molecule has 0 amide bonds. The van der Waals surface area contributed by atoms with Gasteiger partial charge in [0.25, 0.3) is 0 Å². The largest absolute Gasteiger partial charge is 0.491 e. The van der Waals surface area contributed by atoms with Crippen LogP contribution in [0.25, 0.3) is 0 Å². The molecular formula is C17H26N2O3S. The first kappa shape index (κ1) is 16.6. The zero-order valence-electron chi connectivity index (χ0n) is 13.9. The van der Waals surface area contributed by atoms with Crippen molar-refractivity contribution < 1.29 is 13.2 Å². The molecule has 0 aromatic heterocycles. The SMILES string of the molecule is CC(Nc1cccc2c1OCCC2)C1CCN(S(C)(=O)=O)CC1. The third-order valence-electron chi connectivity index (χ3n) is 4.99. The van der Waals surface area contributed by atoms with E-state index in [0.29, 0.717) is 25.0 Å². The number of para-hydroxylation sites is 1. The van der Waals surface area contributed by atoms with Crippen LogP contribution in [0.3, 0.4) is 0 Å². The Morgan fingerprint density at radius 1 is 1.30 bits per heavy atom. The Hall–Kier alpha value is -1.27. The lowest BCUT2D eigenvalue weighted by molar-refractivity contribution is 0.257. The summed E-state index contributed by atoms with van der Waals surface area (Å²) in [5.41, 5.74) is 2.35. The molecule has 23 heavy (non-hydrogen) atoms. The van der Waals surface area contributed by atoms with Gasteiger partial charge in [0, 0.05) is 19.1 Å². The highest BCUT2D eigenvalue weighted by atomic mass is 32.2. The summed E-state index contributed by atoms with van der Waals surface area (Å²) < 4.78 is 30.7. The number of aryl methyl sites for hydroxylation is 1. The van der Waals surface area contributed by atoms with Crippen LogP contribution in [-0.4, -0.2) is 44.7 Å². The summed E-state index contributed by atoms with van der Waals surface area (Å²) in [6.45, 7) is 4.22. The van der Waals surface area contributed by atoms with Crippen LogP contribution >= 0.6 is 0 Å². The fourth-order valence-electron chi connectivity index (χ4n) is 3.57. The van der Waals surface area contributed by atoms with Crippen molar-refractivity contribution in [1.82, 2.24) is 4.31 Å². The lowest BCUT2D eigenvalue weighted by Gasteiger charge is -2.34. The molecule has 3 rings (SSSR count). The van der Waals surface area contributed by atoms with Gasteiger partial charge in [-0.05, 0) is 50.2 Å². The number of fused-ring (bicyclic) bond motifs is 1. The van der Waals surface area contributed by atoms with Crippen LogP contribution in [0, 0.1) is 5.92 Å². The van der Waals surface area contributed by atoms with E-state index in [-0.39, 0.29) is 0 Å². The van der Waals surface area contributed by atoms with Crippen molar-refractivity contribution in [2.24, 2.45) is 5.92 Å². The summed E-state index contributed by atoms with van der Waals surface area (Å²) in [6, 6.07) is 6.59. The highest BCUT2D eigenvalue weighted by Crippen LogP contribution is 2.34. The van der Waals surface area contributed by atoms with Crippen molar-refractivity contribution in [2.75, 3.05) is 31.3 Å². The number of benzene rings is 1. The molecule has 0 saturated carbocycles. The highest BCUT2D eigenvalue weighted by Gasteiger charge is 2.28. The number of hydrogen-bond acceptors (Lipinski definition) is 4. The van der Waals surface area contributed by atoms with Crippen LogP contribution in [0.2, 0.25) is 0 Å². The standard InChI is InChI=1S/C17H26N2O3S/c1-13(14-8-10-19(11-9-14)23(2,20)21)18-16-7-3-5-15-6-4-12-22-17(15)16/h3,5,7,13-14,18H,4,6,8-12H2,1-2H3. The van der Waals surface area contributed by atoms with E-state index in [9.17, 15) is 8.42 Å². The summed E-state index contributed by atoms with van der Waals surface area (Å²) in [7, 11) is -3.05. The number of piperidine rings is 1. The fraction of sp³-hybridized carbons (Fsp3) is 0.647. The maximum absolute atomic E-state index is 11.6. The maximum atomic E-state index is 11.6. The molecular weight excluding hydrogens is 312 g/mol. The Labute approximate surface area is 139 Å². The zero-order chi connectivity index (χ0) is 16.4. The Morgan fingerprint density at radius 3 is 2.74 bits per heavy atom. The third-order valence-corrected chi connectivity index (χ3v) is 6.29. The van der Waals surface area contributed by atoms with E-state index in [1.165, 1.54) is 11.8 Å². The van der Waals surface area contributed by atoms with Gasteiger partial charge in [-0.15, -0.1) is 0 Å². The number of anilines is 1. The molecule has 1 unspecified atom stereocenters. The van der Waals surface area contributed by atoms with E-state index in [1.54, 1.807) is 4.31 Å². The molecule has 1 aromatic rings. The quantitative estimate of drug-likeness (QED) is 0.916. The smallest absolute Gasteiger partial charge is 0.211 e. The average molecular weight is 338 g/mol. The molecule has 6 heteroatoms. The van der Waals surface area contributed by atoms with E-state index >= 15 is 0 Å². The molecule has 0 aliphatic carbocycles. The monoisotopic (exact) mass is 338 g/mol. The number of hydrogen-bond donors (Lipinski definition) is 1. The number of sulfonamides is 1. The van der Waals surface area contributed by atoms with Gasteiger partial charge in [-0.1, -0.05) is 12.1 Å².